The van der Waals surface area contributed by atoms with Gasteiger partial charge in [0.1, 0.15) is 0 Å². The Morgan fingerprint density at radius 3 is 1.42 bits per heavy atom. The minimum atomic E-state index is 0.0495. The van der Waals surface area contributed by atoms with Crippen molar-refractivity contribution >= 4 is 49.5 Å². The summed E-state index contributed by atoms with van der Waals surface area (Å²) in [6.07, 6.45) is 8.09. The van der Waals surface area contributed by atoms with Gasteiger partial charge < -0.3 is 9.47 Å². The first-order valence-corrected chi connectivity index (χ1v) is 22.9. The molecule has 0 radical (unpaired) electrons. The summed E-state index contributed by atoms with van der Waals surface area (Å²) in [5, 5.41) is 5.01. The Balaban J connectivity index is 1.00. The highest BCUT2D eigenvalue weighted by Crippen LogP contribution is 2.44. The van der Waals surface area contributed by atoms with E-state index in [0.29, 0.717) is 0 Å². The third kappa shape index (κ3) is 7.19. The van der Waals surface area contributed by atoms with E-state index in [2.05, 4.69) is 270 Å². The van der Waals surface area contributed by atoms with Gasteiger partial charge >= 0.3 is 0 Å². The van der Waals surface area contributed by atoms with E-state index >= 15 is 0 Å². The Bertz CT molecular complexity index is 3510. The average molecular weight is 843 g/mol. The largest absolute Gasteiger partial charge is 0.334 e. The van der Waals surface area contributed by atoms with E-state index in [1.165, 1.54) is 88.2 Å². The summed E-state index contributed by atoms with van der Waals surface area (Å²) in [6.45, 7) is 0. The van der Waals surface area contributed by atoms with Crippen LogP contribution in [-0.2, 0) is 0 Å². The van der Waals surface area contributed by atoms with Crippen LogP contribution in [0, 0.1) is 0 Å². The summed E-state index contributed by atoms with van der Waals surface area (Å²) in [6, 6.07) is 88.4. The molecular formula is C64H46N2. The van der Waals surface area contributed by atoms with Gasteiger partial charge in [-0.25, -0.2) is 0 Å². The molecule has 0 spiro atoms. The molecule has 1 aliphatic rings. The van der Waals surface area contributed by atoms with Gasteiger partial charge in [-0.2, -0.15) is 0 Å². The van der Waals surface area contributed by atoms with Crippen LogP contribution in [0.25, 0.3) is 88.3 Å². The minimum absolute atomic E-state index is 0.0495. The fourth-order valence-electron chi connectivity index (χ4n) is 10.1. The van der Waals surface area contributed by atoms with Crippen LogP contribution in [0.15, 0.2) is 261 Å². The lowest BCUT2D eigenvalue weighted by Gasteiger charge is -2.34. The average Bonchev–Trinajstić information content (AvgIpc) is 3.76. The second kappa shape index (κ2) is 16.9. The Hall–Kier alpha value is -8.46. The van der Waals surface area contributed by atoms with Crippen molar-refractivity contribution in [3.63, 3.8) is 0 Å². The summed E-state index contributed by atoms with van der Waals surface area (Å²) in [7, 11) is 0. The maximum Gasteiger partial charge on any atom is 0.0625 e. The molecule has 12 rings (SSSR count). The zero-order valence-corrected chi connectivity index (χ0v) is 36.5. The number of anilines is 2. The van der Waals surface area contributed by atoms with Crippen molar-refractivity contribution in [1.29, 1.82) is 0 Å². The van der Waals surface area contributed by atoms with Gasteiger partial charge in [0.15, 0.2) is 0 Å². The molecule has 0 saturated heterocycles. The molecule has 0 fully saturated rings. The molecule has 0 aliphatic heterocycles. The molecule has 1 aromatic heterocycles. The van der Waals surface area contributed by atoms with Gasteiger partial charge in [0.05, 0.1) is 17.1 Å². The lowest BCUT2D eigenvalue weighted by molar-refractivity contribution is 0.788. The van der Waals surface area contributed by atoms with Crippen LogP contribution in [0.1, 0.15) is 12.0 Å². The van der Waals surface area contributed by atoms with Crippen LogP contribution >= 0.6 is 0 Å². The van der Waals surface area contributed by atoms with Gasteiger partial charge in [-0.15, -0.1) is 0 Å². The molecule has 2 heteroatoms. The Kier molecular flexibility index (Phi) is 10.0. The summed E-state index contributed by atoms with van der Waals surface area (Å²) < 4.78 is 2.46. The molecule has 66 heavy (non-hydrogen) atoms. The number of hydrogen-bond acceptors (Lipinski definition) is 1. The molecular weight excluding hydrogens is 797 g/mol. The standard InChI is InChI=1S/C64H46N2/c1-5-18-45(19-6-1)48-32-36-56(37-33-48)65(57-38-34-49(35-39-57)54-41-52(46-20-7-2-8-21-46)40-53(42-54)47-22-9-3-10-23-47)58-28-17-25-50(43-58)61-44-51-24-13-14-29-59(51)64-63(61)60-30-15-16-31-62(60)66(64)55-26-11-4-12-27-55/h1-27,29-44,58H,28H2. The normalized spacial score (nSPS) is 13.6. The summed E-state index contributed by atoms with van der Waals surface area (Å²) in [5.41, 5.74) is 18.0. The molecule has 1 atom stereocenters. The smallest absolute Gasteiger partial charge is 0.0625 e. The lowest BCUT2D eigenvalue weighted by Crippen LogP contribution is -2.30. The summed E-state index contributed by atoms with van der Waals surface area (Å²) in [5.74, 6) is 0. The summed E-state index contributed by atoms with van der Waals surface area (Å²) >= 11 is 0. The maximum atomic E-state index is 2.53. The van der Waals surface area contributed by atoms with Gasteiger partial charge in [0.2, 0.25) is 0 Å². The summed E-state index contributed by atoms with van der Waals surface area (Å²) in [4.78, 5) is 2.53. The van der Waals surface area contributed by atoms with Gasteiger partial charge in [-0.1, -0.05) is 194 Å². The van der Waals surface area contributed by atoms with Crippen molar-refractivity contribution in [2.75, 3.05) is 4.90 Å². The third-order valence-corrected chi connectivity index (χ3v) is 13.2. The molecule has 1 aliphatic carbocycles. The SMILES string of the molecule is C1=CC(c2cc3ccccc3c3c2c2ccccc2n3-c2ccccc2)=CC(N(c2ccc(-c3ccccc3)cc2)c2ccc(-c3cc(-c4ccccc4)cc(-c4ccccc4)c3)cc2)C1. The van der Waals surface area contributed by atoms with E-state index < -0.39 is 0 Å². The van der Waals surface area contributed by atoms with Crippen molar-refractivity contribution in [2.24, 2.45) is 0 Å². The second-order valence-electron chi connectivity index (χ2n) is 17.2. The first kappa shape index (κ1) is 39.2. The van der Waals surface area contributed by atoms with Gasteiger partial charge in [0.25, 0.3) is 0 Å². The number of aromatic nitrogens is 1. The molecule has 0 bridgehead atoms. The molecule has 1 heterocycles. The zero-order chi connectivity index (χ0) is 43.8. The van der Waals surface area contributed by atoms with Crippen molar-refractivity contribution in [2.45, 2.75) is 12.5 Å². The number of rotatable bonds is 9. The predicted molar refractivity (Wildman–Crippen MR) is 281 cm³/mol. The Morgan fingerprint density at radius 1 is 0.394 bits per heavy atom. The molecule has 1 unspecified atom stereocenters. The van der Waals surface area contributed by atoms with Gasteiger partial charge in [-0.05, 0) is 134 Å². The fraction of sp³-hybridized carbons (Fsp3) is 0.0312. The van der Waals surface area contributed by atoms with Crippen LogP contribution in [0.4, 0.5) is 11.4 Å². The maximum absolute atomic E-state index is 2.53. The van der Waals surface area contributed by atoms with Gasteiger partial charge in [0, 0.05) is 33.2 Å². The lowest BCUT2D eigenvalue weighted by atomic mass is 9.90. The van der Waals surface area contributed by atoms with E-state index in [0.717, 1.165) is 23.5 Å². The highest BCUT2D eigenvalue weighted by atomic mass is 15.2. The number of allylic oxidation sites excluding steroid dienone is 2. The van der Waals surface area contributed by atoms with E-state index in [1.807, 2.05) is 0 Å². The Morgan fingerprint density at radius 2 is 0.848 bits per heavy atom. The van der Waals surface area contributed by atoms with Crippen LogP contribution in [0.3, 0.4) is 0 Å². The molecule has 2 nitrogen and oxygen atoms in total. The predicted octanol–water partition coefficient (Wildman–Crippen LogP) is 17.2. The van der Waals surface area contributed by atoms with Crippen molar-refractivity contribution in [1.82, 2.24) is 4.57 Å². The number of fused-ring (bicyclic) bond motifs is 5. The molecule has 0 saturated carbocycles. The molecule has 312 valence electrons. The topological polar surface area (TPSA) is 8.17 Å². The molecule has 10 aromatic carbocycles. The number of hydrogen-bond donors (Lipinski definition) is 0. The van der Waals surface area contributed by atoms with E-state index in [-0.39, 0.29) is 6.04 Å². The van der Waals surface area contributed by atoms with Gasteiger partial charge in [-0.3, -0.25) is 0 Å². The first-order chi connectivity index (χ1) is 32.7. The Labute approximate surface area is 386 Å². The van der Waals surface area contributed by atoms with Crippen molar-refractivity contribution < 1.29 is 0 Å². The third-order valence-electron chi connectivity index (χ3n) is 13.2. The van der Waals surface area contributed by atoms with Crippen LogP contribution in [0.5, 0.6) is 0 Å². The minimum Gasteiger partial charge on any atom is -0.334 e. The molecule has 0 N–H and O–H groups in total. The van der Waals surface area contributed by atoms with Crippen molar-refractivity contribution in [3.8, 4) is 50.2 Å². The zero-order valence-electron chi connectivity index (χ0n) is 36.5. The number of para-hydroxylation sites is 2. The fourth-order valence-corrected chi connectivity index (χ4v) is 10.1. The second-order valence-corrected chi connectivity index (χ2v) is 17.2. The molecule has 11 aromatic rings. The number of nitrogens with zero attached hydrogens (tertiary/aromatic N) is 2. The van der Waals surface area contributed by atoms with Crippen LogP contribution < -0.4 is 4.90 Å². The molecule has 0 amide bonds. The van der Waals surface area contributed by atoms with E-state index in [1.54, 1.807) is 0 Å². The van der Waals surface area contributed by atoms with Crippen LogP contribution in [-0.4, -0.2) is 10.6 Å². The van der Waals surface area contributed by atoms with E-state index in [4.69, 9.17) is 0 Å². The quantitative estimate of drug-likeness (QED) is 0.141. The number of benzene rings is 10. The monoisotopic (exact) mass is 842 g/mol. The first-order valence-electron chi connectivity index (χ1n) is 22.9. The highest BCUT2D eigenvalue weighted by Gasteiger charge is 2.25. The van der Waals surface area contributed by atoms with E-state index in [9.17, 15) is 0 Å². The van der Waals surface area contributed by atoms with Crippen molar-refractivity contribution in [3.05, 3.63) is 266 Å². The highest BCUT2D eigenvalue weighted by molar-refractivity contribution is 6.23. The van der Waals surface area contributed by atoms with Crippen LogP contribution in [0.2, 0.25) is 0 Å².